The number of carbonyl (C=O) groups excluding carboxylic acids is 1. The van der Waals surface area contributed by atoms with E-state index in [2.05, 4.69) is 20.6 Å². The van der Waals surface area contributed by atoms with Gasteiger partial charge in [-0.15, -0.1) is 0 Å². The van der Waals surface area contributed by atoms with Gasteiger partial charge in [-0.3, -0.25) is 14.6 Å². The Hall–Kier alpha value is -2.93. The van der Waals surface area contributed by atoms with E-state index in [1.165, 1.54) is 0 Å². The summed E-state index contributed by atoms with van der Waals surface area (Å²) in [4.78, 5) is 33.2. The maximum atomic E-state index is 12.3. The smallest absolute Gasteiger partial charge is 0.271 e. The summed E-state index contributed by atoms with van der Waals surface area (Å²) in [7, 11) is 1.84. The maximum Gasteiger partial charge on any atom is 0.271 e. The van der Waals surface area contributed by atoms with Gasteiger partial charge in [0.15, 0.2) is 0 Å². The lowest BCUT2D eigenvalue weighted by molar-refractivity contribution is -0.127. The van der Waals surface area contributed by atoms with Crippen molar-refractivity contribution < 1.29 is 4.79 Å². The zero-order chi connectivity index (χ0) is 19.1. The fourth-order valence-corrected chi connectivity index (χ4v) is 3.20. The van der Waals surface area contributed by atoms with Crippen molar-refractivity contribution in [2.75, 3.05) is 32.0 Å². The molecule has 0 aliphatic carbocycles. The summed E-state index contributed by atoms with van der Waals surface area (Å²) in [6, 6.07) is 5.70. The SMILES string of the molecule is CNC/C=C/C(=O)N1CCC[C@@H](Nc2cc(-c3ccncc3)c[nH]c2=O)C1. The molecule has 3 N–H and O–H groups in total. The van der Waals surface area contributed by atoms with E-state index in [9.17, 15) is 9.59 Å². The summed E-state index contributed by atoms with van der Waals surface area (Å²) in [6.07, 6.45) is 10.4. The Kier molecular flexibility index (Phi) is 6.38. The molecular formula is C20H25N5O2. The lowest BCUT2D eigenvalue weighted by Crippen LogP contribution is -2.45. The molecule has 0 radical (unpaired) electrons. The number of aromatic amines is 1. The average molecular weight is 367 g/mol. The Labute approximate surface area is 158 Å². The predicted molar refractivity (Wildman–Crippen MR) is 107 cm³/mol. The molecule has 0 saturated carbocycles. The number of pyridine rings is 2. The lowest BCUT2D eigenvalue weighted by Gasteiger charge is -2.33. The van der Waals surface area contributed by atoms with Gasteiger partial charge < -0.3 is 20.5 Å². The number of aromatic nitrogens is 2. The minimum absolute atomic E-state index is 0.0104. The van der Waals surface area contributed by atoms with E-state index in [1.54, 1.807) is 24.7 Å². The van der Waals surface area contributed by atoms with Crippen LogP contribution in [0.15, 0.2) is 53.7 Å². The van der Waals surface area contributed by atoms with Gasteiger partial charge in [0.1, 0.15) is 5.69 Å². The van der Waals surface area contributed by atoms with E-state index in [0.717, 1.165) is 30.5 Å². The van der Waals surface area contributed by atoms with E-state index in [4.69, 9.17) is 0 Å². The normalized spacial score (nSPS) is 17.2. The highest BCUT2D eigenvalue weighted by Crippen LogP contribution is 2.20. The van der Waals surface area contributed by atoms with Crippen LogP contribution < -0.4 is 16.2 Å². The fourth-order valence-electron chi connectivity index (χ4n) is 3.20. The van der Waals surface area contributed by atoms with Crippen LogP contribution in [-0.4, -0.2) is 53.5 Å². The fraction of sp³-hybridized carbons (Fsp3) is 0.350. The Morgan fingerprint density at radius 3 is 2.96 bits per heavy atom. The first-order valence-electron chi connectivity index (χ1n) is 9.17. The standard InChI is InChI=1S/C20H25N5O2/c1-21-8-2-5-19(26)25-11-3-4-17(14-25)24-18-12-16(13-23-20(18)27)15-6-9-22-10-7-15/h2,5-7,9-10,12-13,17,21,24H,3-4,8,11,14H2,1H3,(H,23,27)/b5-2+/t17-/m1/s1. The molecule has 2 aromatic heterocycles. The maximum absolute atomic E-state index is 12.3. The van der Waals surface area contributed by atoms with Crippen molar-refractivity contribution in [1.29, 1.82) is 0 Å². The molecule has 0 unspecified atom stereocenters. The molecule has 3 heterocycles. The number of nitrogens with one attached hydrogen (secondary N) is 3. The van der Waals surface area contributed by atoms with Crippen LogP contribution in [0.5, 0.6) is 0 Å². The molecule has 1 fully saturated rings. The number of piperidine rings is 1. The molecule has 27 heavy (non-hydrogen) atoms. The number of H-pyrrole nitrogens is 1. The van der Waals surface area contributed by atoms with Crippen LogP contribution in [0.2, 0.25) is 0 Å². The van der Waals surface area contributed by atoms with Crippen LogP contribution in [0.4, 0.5) is 5.69 Å². The Morgan fingerprint density at radius 1 is 1.37 bits per heavy atom. The Bertz CT molecular complexity index is 847. The molecule has 1 saturated heterocycles. The molecule has 1 aliphatic rings. The molecule has 0 bridgehead atoms. The van der Waals surface area contributed by atoms with Crippen molar-refractivity contribution in [2.45, 2.75) is 18.9 Å². The van der Waals surface area contributed by atoms with E-state index in [-0.39, 0.29) is 17.5 Å². The number of anilines is 1. The molecule has 7 nitrogen and oxygen atoms in total. The molecule has 1 amide bonds. The molecule has 142 valence electrons. The number of carbonyl (C=O) groups is 1. The predicted octanol–water partition coefficient (Wildman–Crippen LogP) is 1.62. The van der Waals surface area contributed by atoms with Gasteiger partial charge in [-0.25, -0.2) is 0 Å². The van der Waals surface area contributed by atoms with Crippen LogP contribution in [-0.2, 0) is 4.79 Å². The third-order valence-electron chi connectivity index (χ3n) is 4.59. The Morgan fingerprint density at radius 2 is 2.19 bits per heavy atom. The first-order valence-corrected chi connectivity index (χ1v) is 9.17. The molecule has 1 atom stereocenters. The highest BCUT2D eigenvalue weighted by molar-refractivity contribution is 5.87. The molecule has 1 aliphatic heterocycles. The second-order valence-corrected chi connectivity index (χ2v) is 6.59. The largest absolute Gasteiger partial charge is 0.376 e. The number of nitrogens with zero attached hydrogens (tertiary/aromatic N) is 2. The van der Waals surface area contributed by atoms with E-state index < -0.39 is 0 Å². The van der Waals surface area contributed by atoms with Crippen LogP contribution in [0, 0.1) is 0 Å². The van der Waals surface area contributed by atoms with Crippen LogP contribution >= 0.6 is 0 Å². The summed E-state index contributed by atoms with van der Waals surface area (Å²) in [5.74, 6) is 0.0104. The first-order chi connectivity index (χ1) is 13.2. The summed E-state index contributed by atoms with van der Waals surface area (Å²) in [5.41, 5.74) is 2.26. The lowest BCUT2D eigenvalue weighted by atomic mass is 10.0. The van der Waals surface area contributed by atoms with Crippen LogP contribution in [0.3, 0.4) is 0 Å². The highest BCUT2D eigenvalue weighted by atomic mass is 16.2. The van der Waals surface area contributed by atoms with E-state index in [0.29, 0.717) is 18.8 Å². The highest BCUT2D eigenvalue weighted by Gasteiger charge is 2.23. The third-order valence-corrected chi connectivity index (χ3v) is 4.59. The summed E-state index contributed by atoms with van der Waals surface area (Å²) >= 11 is 0. The van der Waals surface area contributed by atoms with Crippen LogP contribution in [0.25, 0.3) is 11.1 Å². The minimum Gasteiger partial charge on any atom is -0.376 e. The molecule has 7 heteroatoms. The van der Waals surface area contributed by atoms with E-state index in [1.807, 2.05) is 36.2 Å². The van der Waals surface area contributed by atoms with Crippen molar-refractivity contribution >= 4 is 11.6 Å². The quantitative estimate of drug-likeness (QED) is 0.675. The van der Waals surface area contributed by atoms with E-state index >= 15 is 0 Å². The van der Waals surface area contributed by atoms with Crippen molar-refractivity contribution in [3.05, 3.63) is 59.3 Å². The van der Waals surface area contributed by atoms with Gasteiger partial charge in [0.05, 0.1) is 0 Å². The Balaban J connectivity index is 1.69. The number of likely N-dealkylation sites (N-methyl/N-ethyl adjacent to an activating group) is 1. The first kappa shape index (κ1) is 18.8. The monoisotopic (exact) mass is 367 g/mol. The number of hydrogen-bond donors (Lipinski definition) is 3. The minimum atomic E-state index is -0.162. The van der Waals surface area contributed by atoms with Crippen LogP contribution in [0.1, 0.15) is 12.8 Å². The molecule has 2 aromatic rings. The second kappa shape index (κ2) is 9.14. The van der Waals surface area contributed by atoms with Gasteiger partial charge in [0, 0.05) is 55.9 Å². The van der Waals surface area contributed by atoms with Gasteiger partial charge in [-0.05, 0) is 43.7 Å². The molecule has 0 aromatic carbocycles. The van der Waals surface area contributed by atoms with Crippen molar-refractivity contribution in [1.82, 2.24) is 20.2 Å². The van der Waals surface area contributed by atoms with Crippen molar-refractivity contribution in [3.63, 3.8) is 0 Å². The van der Waals surface area contributed by atoms with Gasteiger partial charge in [-0.2, -0.15) is 0 Å². The van der Waals surface area contributed by atoms with Gasteiger partial charge in [-0.1, -0.05) is 6.08 Å². The third kappa shape index (κ3) is 5.04. The zero-order valence-corrected chi connectivity index (χ0v) is 15.4. The number of amides is 1. The molecule has 3 rings (SSSR count). The van der Waals surface area contributed by atoms with Gasteiger partial charge in [0.2, 0.25) is 5.91 Å². The molecular weight excluding hydrogens is 342 g/mol. The van der Waals surface area contributed by atoms with Gasteiger partial charge >= 0.3 is 0 Å². The topological polar surface area (TPSA) is 90.1 Å². The van der Waals surface area contributed by atoms with Crippen molar-refractivity contribution in [2.24, 2.45) is 0 Å². The second-order valence-electron chi connectivity index (χ2n) is 6.59. The summed E-state index contributed by atoms with van der Waals surface area (Å²) in [6.45, 7) is 1.99. The number of rotatable bonds is 6. The summed E-state index contributed by atoms with van der Waals surface area (Å²) < 4.78 is 0. The van der Waals surface area contributed by atoms with Crippen molar-refractivity contribution in [3.8, 4) is 11.1 Å². The number of likely N-dealkylation sites (tertiary alicyclic amines) is 1. The zero-order valence-electron chi connectivity index (χ0n) is 15.4. The average Bonchev–Trinajstić information content (AvgIpc) is 2.70. The number of hydrogen-bond acceptors (Lipinski definition) is 5. The van der Waals surface area contributed by atoms with Gasteiger partial charge in [0.25, 0.3) is 5.56 Å². The summed E-state index contributed by atoms with van der Waals surface area (Å²) in [5, 5.41) is 6.30. The molecule has 0 spiro atoms.